The Morgan fingerprint density at radius 1 is 1.11 bits per heavy atom. The SMILES string of the molecule is CCCc1ccc(N(C)C)cc1N1C(=O)CSC1=NC(=O)Nc1ccc(-c2ncn(-c3ccc(C(F)(F)F)cc3)n2)cc1Cl. The summed E-state index contributed by atoms with van der Waals surface area (Å²) in [6.45, 7) is 2.06. The second kappa shape index (κ2) is 12.7. The number of aromatic nitrogens is 3. The fourth-order valence-electron chi connectivity index (χ4n) is 4.51. The van der Waals surface area contributed by atoms with Crippen LogP contribution in [-0.2, 0) is 17.4 Å². The zero-order valence-electron chi connectivity index (χ0n) is 23.9. The van der Waals surface area contributed by atoms with E-state index in [1.807, 2.05) is 37.2 Å². The number of urea groups is 1. The minimum atomic E-state index is -4.44. The molecule has 1 aromatic heterocycles. The number of nitrogens with one attached hydrogen (secondary N) is 1. The molecule has 1 N–H and O–H groups in total. The van der Waals surface area contributed by atoms with E-state index in [4.69, 9.17) is 11.6 Å². The summed E-state index contributed by atoms with van der Waals surface area (Å²) in [5, 5.41) is 7.46. The van der Waals surface area contributed by atoms with Crippen molar-refractivity contribution in [3.05, 3.63) is 83.1 Å². The first-order valence-corrected chi connectivity index (χ1v) is 14.9. The molecular weight excluding hydrogens is 615 g/mol. The highest BCUT2D eigenvalue weighted by molar-refractivity contribution is 8.15. The number of aryl methyl sites for hydroxylation is 1. The van der Waals surface area contributed by atoms with E-state index in [1.54, 1.807) is 18.2 Å². The number of hydrogen-bond acceptors (Lipinski definition) is 6. The van der Waals surface area contributed by atoms with Crippen LogP contribution in [0.4, 0.5) is 35.0 Å². The number of aliphatic imine (C=N–C) groups is 1. The fourth-order valence-corrected chi connectivity index (χ4v) is 5.60. The molecular formula is C30H27ClF3N7O2S. The van der Waals surface area contributed by atoms with Gasteiger partial charge < -0.3 is 10.2 Å². The summed E-state index contributed by atoms with van der Waals surface area (Å²) in [6, 6.07) is 14.5. The van der Waals surface area contributed by atoms with Gasteiger partial charge in [-0.15, -0.1) is 5.10 Å². The Morgan fingerprint density at radius 2 is 1.86 bits per heavy atom. The van der Waals surface area contributed by atoms with Crippen LogP contribution in [0.1, 0.15) is 24.5 Å². The highest BCUT2D eigenvalue weighted by Gasteiger charge is 2.32. The lowest BCUT2D eigenvalue weighted by molar-refractivity contribution is -0.137. The lowest BCUT2D eigenvalue weighted by Gasteiger charge is -2.22. The Kier molecular flexibility index (Phi) is 8.97. The monoisotopic (exact) mass is 641 g/mol. The van der Waals surface area contributed by atoms with Crippen molar-refractivity contribution in [2.75, 3.05) is 35.0 Å². The molecule has 3 amide bonds. The third kappa shape index (κ3) is 6.73. The van der Waals surface area contributed by atoms with Crippen LogP contribution in [0.25, 0.3) is 17.1 Å². The minimum Gasteiger partial charge on any atom is -0.378 e. The van der Waals surface area contributed by atoms with Crippen molar-refractivity contribution in [1.82, 2.24) is 14.8 Å². The van der Waals surface area contributed by atoms with Gasteiger partial charge in [-0.05, 0) is 66.6 Å². The summed E-state index contributed by atoms with van der Waals surface area (Å²) in [7, 11) is 3.83. The molecule has 0 radical (unpaired) electrons. The lowest BCUT2D eigenvalue weighted by atomic mass is 10.1. The molecule has 3 aromatic carbocycles. The van der Waals surface area contributed by atoms with Gasteiger partial charge in [-0.1, -0.05) is 42.8 Å². The summed E-state index contributed by atoms with van der Waals surface area (Å²) in [5.74, 6) is 0.274. The molecule has 0 bridgehead atoms. The molecule has 5 rings (SSSR count). The average Bonchev–Trinajstić information content (AvgIpc) is 3.61. The van der Waals surface area contributed by atoms with Gasteiger partial charge in [0.05, 0.1) is 33.4 Å². The number of amidine groups is 1. The normalized spacial score (nSPS) is 14.4. The predicted molar refractivity (Wildman–Crippen MR) is 168 cm³/mol. The number of carbonyl (C=O) groups excluding carboxylic acids is 2. The number of amides is 3. The van der Waals surface area contributed by atoms with Gasteiger partial charge >= 0.3 is 12.2 Å². The van der Waals surface area contributed by atoms with Crippen molar-refractivity contribution in [1.29, 1.82) is 0 Å². The third-order valence-electron chi connectivity index (χ3n) is 6.73. The maximum absolute atomic E-state index is 13.0. The lowest BCUT2D eigenvalue weighted by Crippen LogP contribution is -2.31. The zero-order valence-corrected chi connectivity index (χ0v) is 25.5. The van der Waals surface area contributed by atoms with Gasteiger partial charge in [0.1, 0.15) is 6.33 Å². The number of benzene rings is 3. The van der Waals surface area contributed by atoms with Gasteiger partial charge in [0.2, 0.25) is 5.91 Å². The standard InChI is InChI=1S/C30H27ClF3N7O2S/c1-4-5-18-6-10-22(39(2)3)15-25(18)41-26(42)16-44-29(41)37-28(43)36-24-13-7-19(14-23(24)31)27-35-17-40(38-27)21-11-8-20(9-12-21)30(32,33)34/h6-15,17H,4-5,16H2,1-3H3,(H,36,43). The summed E-state index contributed by atoms with van der Waals surface area (Å²) in [6.07, 6.45) is -1.41. The Bertz CT molecular complexity index is 1740. The third-order valence-corrected chi connectivity index (χ3v) is 7.96. The van der Waals surface area contributed by atoms with Crippen LogP contribution in [0.5, 0.6) is 0 Å². The number of anilines is 3. The largest absolute Gasteiger partial charge is 0.416 e. The molecule has 0 unspecified atom stereocenters. The van der Waals surface area contributed by atoms with E-state index < -0.39 is 17.8 Å². The molecule has 228 valence electrons. The van der Waals surface area contributed by atoms with E-state index >= 15 is 0 Å². The summed E-state index contributed by atoms with van der Waals surface area (Å²) >= 11 is 7.65. The van der Waals surface area contributed by atoms with Gasteiger partial charge in [0.15, 0.2) is 11.0 Å². The molecule has 1 aliphatic heterocycles. The quantitative estimate of drug-likeness (QED) is 0.228. The molecule has 9 nitrogen and oxygen atoms in total. The Labute approximate surface area is 260 Å². The Hall–Kier alpha value is -4.36. The first kappa shape index (κ1) is 31.1. The molecule has 2 heterocycles. The summed E-state index contributed by atoms with van der Waals surface area (Å²) in [4.78, 5) is 37.8. The maximum atomic E-state index is 13.0. The number of hydrogen-bond donors (Lipinski definition) is 1. The van der Waals surface area contributed by atoms with Crippen LogP contribution in [-0.4, -0.2) is 51.7 Å². The van der Waals surface area contributed by atoms with Crippen LogP contribution in [0, 0.1) is 0 Å². The molecule has 1 saturated heterocycles. The predicted octanol–water partition coefficient (Wildman–Crippen LogP) is 7.29. The Morgan fingerprint density at radius 3 is 2.52 bits per heavy atom. The van der Waals surface area contributed by atoms with E-state index in [0.29, 0.717) is 16.9 Å². The molecule has 14 heteroatoms. The number of alkyl halides is 3. The number of rotatable bonds is 7. The fraction of sp³-hybridized carbons (Fsp3) is 0.233. The van der Waals surface area contributed by atoms with Crippen LogP contribution < -0.4 is 15.1 Å². The smallest absolute Gasteiger partial charge is 0.378 e. The average molecular weight is 642 g/mol. The van der Waals surface area contributed by atoms with Crippen molar-refractivity contribution in [3.8, 4) is 17.1 Å². The Balaban J connectivity index is 1.33. The summed E-state index contributed by atoms with van der Waals surface area (Å²) < 4.78 is 40.0. The van der Waals surface area contributed by atoms with Crippen molar-refractivity contribution in [3.63, 3.8) is 0 Å². The molecule has 1 fully saturated rings. The van der Waals surface area contributed by atoms with Gasteiger partial charge in [-0.2, -0.15) is 18.2 Å². The first-order valence-electron chi connectivity index (χ1n) is 13.5. The molecule has 0 saturated carbocycles. The molecule has 44 heavy (non-hydrogen) atoms. The first-order chi connectivity index (χ1) is 20.9. The second-order valence-electron chi connectivity index (χ2n) is 10.1. The van der Waals surface area contributed by atoms with Crippen LogP contribution >= 0.6 is 23.4 Å². The van der Waals surface area contributed by atoms with Gasteiger partial charge in [0.25, 0.3) is 0 Å². The topological polar surface area (TPSA) is 95.7 Å². The minimum absolute atomic E-state index is 0.158. The highest BCUT2D eigenvalue weighted by atomic mass is 35.5. The maximum Gasteiger partial charge on any atom is 0.416 e. The van der Waals surface area contributed by atoms with E-state index in [9.17, 15) is 22.8 Å². The molecule has 1 aliphatic rings. The van der Waals surface area contributed by atoms with Crippen molar-refractivity contribution < 1.29 is 22.8 Å². The van der Waals surface area contributed by atoms with E-state index in [2.05, 4.69) is 27.3 Å². The van der Waals surface area contributed by atoms with Gasteiger partial charge in [-0.25, -0.2) is 14.5 Å². The second-order valence-corrected chi connectivity index (χ2v) is 11.4. The number of carbonyl (C=O) groups is 2. The summed E-state index contributed by atoms with van der Waals surface area (Å²) in [5.41, 5.74) is 3.05. The molecule has 0 atom stereocenters. The van der Waals surface area contributed by atoms with Gasteiger partial charge in [0, 0.05) is 25.3 Å². The molecule has 4 aromatic rings. The van der Waals surface area contributed by atoms with Gasteiger partial charge in [-0.3, -0.25) is 9.69 Å². The molecule has 0 spiro atoms. The van der Waals surface area contributed by atoms with E-state index in [1.165, 1.54) is 39.8 Å². The zero-order chi connectivity index (χ0) is 31.6. The van der Waals surface area contributed by atoms with E-state index in [0.717, 1.165) is 36.2 Å². The van der Waals surface area contributed by atoms with Crippen LogP contribution in [0.3, 0.4) is 0 Å². The van der Waals surface area contributed by atoms with Crippen molar-refractivity contribution in [2.45, 2.75) is 25.9 Å². The van der Waals surface area contributed by atoms with Crippen molar-refractivity contribution in [2.24, 2.45) is 4.99 Å². The van der Waals surface area contributed by atoms with Crippen LogP contribution in [0.2, 0.25) is 5.02 Å². The van der Waals surface area contributed by atoms with Crippen LogP contribution in [0.15, 0.2) is 72.0 Å². The highest BCUT2D eigenvalue weighted by Crippen LogP contribution is 2.34. The van der Waals surface area contributed by atoms with E-state index in [-0.39, 0.29) is 33.4 Å². The number of nitrogens with zero attached hydrogens (tertiary/aromatic N) is 6. The number of halogens is 4. The molecule has 0 aliphatic carbocycles. The van der Waals surface area contributed by atoms with Crippen molar-refractivity contribution >= 4 is 57.5 Å². The number of thioether (sulfide) groups is 1.